The molecule has 0 radical (unpaired) electrons. The van der Waals surface area contributed by atoms with Crippen LogP contribution in [-0.4, -0.2) is 62.7 Å². The van der Waals surface area contributed by atoms with Crippen LogP contribution < -0.4 is 19.5 Å². The molecule has 12 heteroatoms. The maximum absolute atomic E-state index is 12.3. The van der Waals surface area contributed by atoms with E-state index in [1.54, 1.807) is 59.4 Å². The van der Waals surface area contributed by atoms with Crippen molar-refractivity contribution in [3.63, 3.8) is 0 Å². The number of halogens is 1. The Labute approximate surface area is 212 Å². The van der Waals surface area contributed by atoms with Gasteiger partial charge in [0.25, 0.3) is 0 Å². The first-order chi connectivity index (χ1) is 17.5. The molecule has 4 aromatic rings. The van der Waals surface area contributed by atoms with E-state index in [0.717, 1.165) is 0 Å². The fraction of sp³-hybridized carbons (Fsp3) is 0.292. The van der Waals surface area contributed by atoms with Crippen LogP contribution in [0.25, 0.3) is 10.9 Å². The lowest BCUT2D eigenvalue weighted by molar-refractivity contribution is 0.217. The van der Waals surface area contributed by atoms with Crippen LogP contribution in [0.2, 0.25) is 5.02 Å². The average Bonchev–Trinajstić information content (AvgIpc) is 3.40. The zero-order valence-electron chi connectivity index (χ0n) is 20.1. The largest absolute Gasteiger partial charge is 0.493 e. The van der Waals surface area contributed by atoms with Gasteiger partial charge in [-0.3, -0.25) is 0 Å². The van der Waals surface area contributed by atoms with E-state index in [2.05, 4.69) is 25.6 Å². The first-order valence-electron chi connectivity index (χ1n) is 11.3. The number of amides is 2. The number of aromatic nitrogens is 5. The normalized spacial score (nSPS) is 10.8. The molecular weight excluding hydrogens is 486 g/mol. The molecule has 0 saturated carbocycles. The maximum Gasteiger partial charge on any atom is 0.321 e. The minimum atomic E-state index is -0.219. The molecule has 4 rings (SSSR count). The summed E-state index contributed by atoms with van der Waals surface area (Å²) in [6.07, 6.45) is 4.78. The van der Waals surface area contributed by atoms with Gasteiger partial charge in [0.05, 0.1) is 41.5 Å². The number of methoxy groups -OCH3 is 1. The number of hydrogen-bond donors (Lipinski definition) is 1. The standard InChI is InChI=1S/C24H26ClN7O4/c1-4-31(5-2)24(33)29-19-7-6-16(12-18(19)25)36-23-17-13-21(34-3)22(14-20(17)26-15-27-23)35-11-10-32-9-8-28-30-32/h6-9,12-15H,4-5,10-11H2,1-3H3,(H,29,33). The Morgan fingerprint density at radius 3 is 2.67 bits per heavy atom. The number of benzene rings is 2. The monoisotopic (exact) mass is 511 g/mol. The minimum absolute atomic E-state index is 0.219. The highest BCUT2D eigenvalue weighted by Gasteiger charge is 2.15. The molecule has 0 atom stereocenters. The lowest BCUT2D eigenvalue weighted by Crippen LogP contribution is -2.34. The quantitative estimate of drug-likeness (QED) is 0.327. The molecule has 2 aromatic heterocycles. The number of anilines is 1. The van der Waals surface area contributed by atoms with Gasteiger partial charge in [0.15, 0.2) is 11.5 Å². The van der Waals surface area contributed by atoms with Crippen molar-refractivity contribution in [2.75, 3.05) is 32.1 Å². The number of nitrogens with zero attached hydrogens (tertiary/aromatic N) is 6. The van der Waals surface area contributed by atoms with Crippen molar-refractivity contribution in [2.24, 2.45) is 0 Å². The summed E-state index contributed by atoms with van der Waals surface area (Å²) in [6.45, 7) is 5.92. The van der Waals surface area contributed by atoms with Crippen LogP contribution in [0.4, 0.5) is 10.5 Å². The van der Waals surface area contributed by atoms with Crippen molar-refractivity contribution >= 4 is 34.2 Å². The van der Waals surface area contributed by atoms with E-state index in [0.29, 0.717) is 71.0 Å². The van der Waals surface area contributed by atoms with Crippen LogP contribution in [-0.2, 0) is 6.54 Å². The highest BCUT2D eigenvalue weighted by molar-refractivity contribution is 6.33. The van der Waals surface area contributed by atoms with Crippen molar-refractivity contribution in [2.45, 2.75) is 20.4 Å². The molecular formula is C24H26ClN7O4. The zero-order valence-corrected chi connectivity index (χ0v) is 20.9. The van der Waals surface area contributed by atoms with Crippen LogP contribution >= 0.6 is 11.6 Å². The number of carbonyl (C=O) groups excluding carboxylic acids is 1. The van der Waals surface area contributed by atoms with E-state index in [9.17, 15) is 4.79 Å². The molecule has 0 unspecified atom stereocenters. The summed E-state index contributed by atoms with van der Waals surface area (Å²) in [4.78, 5) is 22.6. The van der Waals surface area contributed by atoms with Crippen LogP contribution in [0.3, 0.4) is 0 Å². The molecule has 1 N–H and O–H groups in total. The van der Waals surface area contributed by atoms with Gasteiger partial charge in [-0.1, -0.05) is 16.8 Å². The molecule has 0 fully saturated rings. The second-order valence-corrected chi connectivity index (χ2v) is 7.97. The molecule has 36 heavy (non-hydrogen) atoms. The molecule has 2 aromatic carbocycles. The Balaban J connectivity index is 1.52. The summed E-state index contributed by atoms with van der Waals surface area (Å²) < 4.78 is 19.1. The van der Waals surface area contributed by atoms with Crippen LogP contribution in [0.5, 0.6) is 23.1 Å². The van der Waals surface area contributed by atoms with Crippen LogP contribution in [0.1, 0.15) is 13.8 Å². The smallest absolute Gasteiger partial charge is 0.321 e. The number of fused-ring (bicyclic) bond motifs is 1. The fourth-order valence-corrected chi connectivity index (χ4v) is 3.69. The predicted molar refractivity (Wildman–Crippen MR) is 135 cm³/mol. The number of nitrogens with one attached hydrogen (secondary N) is 1. The average molecular weight is 512 g/mol. The molecule has 11 nitrogen and oxygen atoms in total. The Hall–Kier alpha value is -4.12. The van der Waals surface area contributed by atoms with E-state index < -0.39 is 0 Å². The summed E-state index contributed by atoms with van der Waals surface area (Å²) in [5, 5.41) is 11.5. The van der Waals surface area contributed by atoms with Crippen molar-refractivity contribution < 1.29 is 19.0 Å². The highest BCUT2D eigenvalue weighted by atomic mass is 35.5. The lowest BCUT2D eigenvalue weighted by atomic mass is 10.2. The van der Waals surface area contributed by atoms with Gasteiger partial charge in [-0.15, -0.1) is 5.10 Å². The fourth-order valence-electron chi connectivity index (χ4n) is 3.47. The third-order valence-electron chi connectivity index (χ3n) is 5.38. The third kappa shape index (κ3) is 5.74. The highest BCUT2D eigenvalue weighted by Crippen LogP contribution is 2.37. The summed E-state index contributed by atoms with van der Waals surface area (Å²) in [5.41, 5.74) is 1.11. The van der Waals surface area contributed by atoms with Crippen molar-refractivity contribution in [1.82, 2.24) is 29.9 Å². The van der Waals surface area contributed by atoms with Gasteiger partial charge in [0.2, 0.25) is 5.88 Å². The zero-order chi connectivity index (χ0) is 25.5. The van der Waals surface area contributed by atoms with Gasteiger partial charge in [0.1, 0.15) is 18.7 Å². The molecule has 0 saturated heterocycles. The number of hydrogen-bond acceptors (Lipinski definition) is 8. The minimum Gasteiger partial charge on any atom is -0.493 e. The SMILES string of the molecule is CCN(CC)C(=O)Nc1ccc(Oc2ncnc3cc(OCCn4ccnn4)c(OC)cc23)cc1Cl. The van der Waals surface area contributed by atoms with E-state index >= 15 is 0 Å². The van der Waals surface area contributed by atoms with Crippen molar-refractivity contribution in [1.29, 1.82) is 0 Å². The van der Waals surface area contributed by atoms with Gasteiger partial charge in [-0.25, -0.2) is 19.4 Å². The Morgan fingerprint density at radius 1 is 1.14 bits per heavy atom. The van der Waals surface area contributed by atoms with Gasteiger partial charge in [0, 0.05) is 31.4 Å². The van der Waals surface area contributed by atoms with E-state index in [-0.39, 0.29) is 6.03 Å². The van der Waals surface area contributed by atoms with E-state index in [4.69, 9.17) is 25.8 Å². The molecule has 188 valence electrons. The van der Waals surface area contributed by atoms with E-state index in [1.807, 2.05) is 13.8 Å². The molecule has 0 bridgehead atoms. The van der Waals surface area contributed by atoms with Gasteiger partial charge in [-0.05, 0) is 32.0 Å². The number of urea groups is 1. The summed E-state index contributed by atoms with van der Waals surface area (Å²) >= 11 is 6.41. The Kier molecular flexibility index (Phi) is 8.01. The number of ether oxygens (including phenoxy) is 3. The van der Waals surface area contributed by atoms with Crippen LogP contribution in [0.15, 0.2) is 49.1 Å². The first-order valence-corrected chi connectivity index (χ1v) is 11.7. The van der Waals surface area contributed by atoms with Gasteiger partial charge < -0.3 is 24.4 Å². The Bertz CT molecular complexity index is 1330. The number of rotatable bonds is 10. The lowest BCUT2D eigenvalue weighted by Gasteiger charge is -2.19. The number of carbonyl (C=O) groups is 1. The van der Waals surface area contributed by atoms with Gasteiger partial charge in [-0.2, -0.15) is 0 Å². The van der Waals surface area contributed by atoms with Gasteiger partial charge >= 0.3 is 6.03 Å². The summed E-state index contributed by atoms with van der Waals surface area (Å²) in [7, 11) is 1.56. The Morgan fingerprint density at radius 2 is 1.97 bits per heavy atom. The molecule has 2 heterocycles. The molecule has 0 aliphatic carbocycles. The first kappa shape index (κ1) is 25.0. The van der Waals surface area contributed by atoms with Crippen LogP contribution in [0, 0.1) is 0 Å². The molecule has 0 aliphatic rings. The van der Waals surface area contributed by atoms with Crippen molar-refractivity contribution in [3.05, 3.63) is 54.1 Å². The maximum atomic E-state index is 12.3. The topological polar surface area (TPSA) is 117 Å². The second kappa shape index (κ2) is 11.5. The summed E-state index contributed by atoms with van der Waals surface area (Å²) in [6, 6.07) is 8.31. The third-order valence-corrected chi connectivity index (χ3v) is 5.69. The van der Waals surface area contributed by atoms with Crippen molar-refractivity contribution in [3.8, 4) is 23.1 Å². The predicted octanol–water partition coefficient (Wildman–Crippen LogP) is 4.63. The molecule has 0 aliphatic heterocycles. The summed E-state index contributed by atoms with van der Waals surface area (Å²) in [5.74, 6) is 1.82. The molecule has 0 spiro atoms. The van der Waals surface area contributed by atoms with E-state index in [1.165, 1.54) is 6.33 Å². The second-order valence-electron chi connectivity index (χ2n) is 7.56. The molecule has 2 amide bonds.